The van der Waals surface area contributed by atoms with Crippen molar-refractivity contribution < 1.29 is 14.7 Å². The minimum atomic E-state index is -0.920. The lowest BCUT2D eigenvalue weighted by Crippen LogP contribution is -2.33. The number of hydrogen-bond acceptors (Lipinski definition) is 2. The molecule has 1 aromatic rings. The van der Waals surface area contributed by atoms with Crippen molar-refractivity contribution in [2.24, 2.45) is 0 Å². The smallest absolute Gasteiger partial charge is 0.335 e. The Kier molecular flexibility index (Phi) is 6.15. The number of likely N-dealkylation sites (tertiary alicyclic amines) is 1. The van der Waals surface area contributed by atoms with Gasteiger partial charge in [0.2, 0.25) is 5.91 Å². The standard InChI is InChI=1S/C19H23NO3/c1-2-3-4-5-6-17-11-12-18(21)20(17)14-13-15-7-9-16(10-8-15)19(22)23/h3-10,17H,2,11-14H2,1H3,(H,22,23)/t17-/m0/s1. The molecule has 0 aliphatic carbocycles. The van der Waals surface area contributed by atoms with E-state index in [0.29, 0.717) is 13.0 Å². The number of allylic oxidation sites excluding steroid dienone is 3. The second kappa shape index (κ2) is 8.32. The monoisotopic (exact) mass is 313 g/mol. The first kappa shape index (κ1) is 17.0. The Bertz CT molecular complexity index is 602. The number of amides is 1. The van der Waals surface area contributed by atoms with Gasteiger partial charge in [-0.2, -0.15) is 0 Å². The number of aromatic carboxylic acids is 1. The lowest BCUT2D eigenvalue weighted by atomic mass is 10.1. The Morgan fingerprint density at radius 1 is 1.30 bits per heavy atom. The van der Waals surface area contributed by atoms with Crippen molar-refractivity contribution >= 4 is 11.9 Å². The molecule has 0 saturated carbocycles. The highest BCUT2D eigenvalue weighted by Crippen LogP contribution is 2.20. The van der Waals surface area contributed by atoms with Gasteiger partial charge in [0.15, 0.2) is 0 Å². The normalized spacial score (nSPS) is 18.4. The highest BCUT2D eigenvalue weighted by molar-refractivity contribution is 5.87. The van der Waals surface area contributed by atoms with Gasteiger partial charge in [-0.1, -0.05) is 43.4 Å². The van der Waals surface area contributed by atoms with Crippen LogP contribution in [-0.4, -0.2) is 34.5 Å². The molecule has 4 nitrogen and oxygen atoms in total. The number of carboxylic acids is 1. The fourth-order valence-corrected chi connectivity index (χ4v) is 2.72. The quantitative estimate of drug-likeness (QED) is 0.785. The minimum Gasteiger partial charge on any atom is -0.478 e. The number of nitrogens with zero attached hydrogens (tertiary/aromatic N) is 1. The number of benzene rings is 1. The molecule has 1 saturated heterocycles. The first-order chi connectivity index (χ1) is 11.1. The number of hydrogen-bond donors (Lipinski definition) is 1. The largest absolute Gasteiger partial charge is 0.478 e. The molecule has 2 rings (SSSR count). The van der Waals surface area contributed by atoms with Crippen molar-refractivity contribution in [2.75, 3.05) is 6.54 Å². The van der Waals surface area contributed by atoms with Crippen LogP contribution in [0.3, 0.4) is 0 Å². The molecule has 0 bridgehead atoms. The highest BCUT2D eigenvalue weighted by atomic mass is 16.4. The predicted molar refractivity (Wildman–Crippen MR) is 90.4 cm³/mol. The van der Waals surface area contributed by atoms with Gasteiger partial charge < -0.3 is 10.0 Å². The van der Waals surface area contributed by atoms with E-state index in [0.717, 1.165) is 24.8 Å². The summed E-state index contributed by atoms with van der Waals surface area (Å²) < 4.78 is 0. The van der Waals surface area contributed by atoms with Crippen LogP contribution in [0.5, 0.6) is 0 Å². The molecule has 1 aliphatic rings. The summed E-state index contributed by atoms with van der Waals surface area (Å²) in [5.74, 6) is -0.724. The molecule has 23 heavy (non-hydrogen) atoms. The van der Waals surface area contributed by atoms with Crippen LogP contribution in [0.15, 0.2) is 48.6 Å². The molecule has 4 heteroatoms. The van der Waals surface area contributed by atoms with Crippen LogP contribution in [-0.2, 0) is 11.2 Å². The van der Waals surface area contributed by atoms with Gasteiger partial charge in [-0.3, -0.25) is 4.79 Å². The first-order valence-electron chi connectivity index (χ1n) is 8.07. The Balaban J connectivity index is 1.94. The summed E-state index contributed by atoms with van der Waals surface area (Å²) in [5, 5.41) is 8.90. The zero-order valence-electron chi connectivity index (χ0n) is 13.4. The van der Waals surface area contributed by atoms with Gasteiger partial charge >= 0.3 is 5.97 Å². The maximum Gasteiger partial charge on any atom is 0.335 e. The summed E-state index contributed by atoms with van der Waals surface area (Å²) in [5.41, 5.74) is 1.33. The van der Waals surface area contributed by atoms with E-state index >= 15 is 0 Å². The molecule has 0 spiro atoms. The average molecular weight is 313 g/mol. The molecule has 1 N–H and O–H groups in total. The lowest BCUT2D eigenvalue weighted by Gasteiger charge is -2.22. The number of carbonyl (C=O) groups excluding carboxylic acids is 1. The van der Waals surface area contributed by atoms with Gasteiger partial charge in [0.05, 0.1) is 11.6 Å². The summed E-state index contributed by atoms with van der Waals surface area (Å²) >= 11 is 0. The minimum absolute atomic E-state index is 0.169. The van der Waals surface area contributed by atoms with Crippen LogP contribution < -0.4 is 0 Å². The molecule has 1 heterocycles. The average Bonchev–Trinajstić information content (AvgIpc) is 2.90. The molecule has 1 atom stereocenters. The fraction of sp³-hybridized carbons (Fsp3) is 0.368. The summed E-state index contributed by atoms with van der Waals surface area (Å²) in [4.78, 5) is 24.8. The van der Waals surface area contributed by atoms with Crippen LogP contribution in [0, 0.1) is 0 Å². The molecule has 1 aliphatic heterocycles. The number of carboxylic acid groups (broad SMARTS) is 1. The molecule has 1 fully saturated rings. The second-order valence-electron chi connectivity index (χ2n) is 5.67. The Labute approximate surface area is 137 Å². The van der Waals surface area contributed by atoms with Gasteiger partial charge in [0.1, 0.15) is 0 Å². The second-order valence-corrected chi connectivity index (χ2v) is 5.67. The van der Waals surface area contributed by atoms with Crippen molar-refractivity contribution in [3.8, 4) is 0 Å². The van der Waals surface area contributed by atoms with Gasteiger partial charge in [-0.15, -0.1) is 0 Å². The topological polar surface area (TPSA) is 57.6 Å². The summed E-state index contributed by atoms with van der Waals surface area (Å²) in [6, 6.07) is 7.02. The van der Waals surface area contributed by atoms with E-state index < -0.39 is 5.97 Å². The maximum absolute atomic E-state index is 12.0. The lowest BCUT2D eigenvalue weighted by molar-refractivity contribution is -0.128. The molecule has 0 radical (unpaired) electrons. The van der Waals surface area contributed by atoms with E-state index in [1.54, 1.807) is 12.1 Å². The van der Waals surface area contributed by atoms with Crippen molar-refractivity contribution in [1.82, 2.24) is 4.90 Å². The van der Waals surface area contributed by atoms with Crippen molar-refractivity contribution in [3.63, 3.8) is 0 Å². The molecule has 1 aromatic carbocycles. The Hall–Kier alpha value is -2.36. The molecular weight excluding hydrogens is 290 g/mol. The molecule has 0 unspecified atom stereocenters. The van der Waals surface area contributed by atoms with Crippen LogP contribution in [0.2, 0.25) is 0 Å². The summed E-state index contributed by atoms with van der Waals surface area (Å²) in [6.45, 7) is 2.75. The van der Waals surface area contributed by atoms with Crippen LogP contribution in [0.25, 0.3) is 0 Å². The van der Waals surface area contributed by atoms with E-state index in [9.17, 15) is 9.59 Å². The van der Waals surface area contributed by atoms with Gasteiger partial charge in [-0.25, -0.2) is 4.79 Å². The molecule has 1 amide bonds. The van der Waals surface area contributed by atoms with E-state index in [4.69, 9.17) is 5.11 Å². The zero-order chi connectivity index (χ0) is 16.7. The molecule has 122 valence electrons. The van der Waals surface area contributed by atoms with Gasteiger partial charge in [0.25, 0.3) is 0 Å². The van der Waals surface area contributed by atoms with Crippen molar-refractivity contribution in [3.05, 3.63) is 59.7 Å². The zero-order valence-corrected chi connectivity index (χ0v) is 13.4. The third-order valence-corrected chi connectivity index (χ3v) is 4.03. The Morgan fingerprint density at radius 3 is 2.70 bits per heavy atom. The van der Waals surface area contributed by atoms with Crippen LogP contribution >= 0.6 is 0 Å². The number of rotatable bonds is 7. The third-order valence-electron chi connectivity index (χ3n) is 4.03. The van der Waals surface area contributed by atoms with E-state index in [1.807, 2.05) is 29.2 Å². The highest BCUT2D eigenvalue weighted by Gasteiger charge is 2.28. The SMILES string of the molecule is CCC=CC=C[C@H]1CCC(=O)N1CCc1ccc(C(=O)O)cc1. The van der Waals surface area contributed by atoms with Gasteiger partial charge in [0, 0.05) is 13.0 Å². The molecule has 0 aromatic heterocycles. The van der Waals surface area contributed by atoms with E-state index in [2.05, 4.69) is 19.1 Å². The Morgan fingerprint density at radius 2 is 2.04 bits per heavy atom. The summed E-state index contributed by atoms with van der Waals surface area (Å²) in [7, 11) is 0. The first-order valence-corrected chi connectivity index (χ1v) is 8.07. The van der Waals surface area contributed by atoms with E-state index in [-0.39, 0.29) is 17.5 Å². The van der Waals surface area contributed by atoms with E-state index in [1.165, 1.54) is 0 Å². The maximum atomic E-state index is 12.0. The van der Waals surface area contributed by atoms with Crippen molar-refractivity contribution in [1.29, 1.82) is 0 Å². The van der Waals surface area contributed by atoms with Crippen LogP contribution in [0.4, 0.5) is 0 Å². The summed E-state index contributed by atoms with van der Waals surface area (Å²) in [6.07, 6.45) is 11.4. The van der Waals surface area contributed by atoms with Gasteiger partial charge in [-0.05, 0) is 37.0 Å². The van der Waals surface area contributed by atoms with Crippen LogP contribution in [0.1, 0.15) is 42.1 Å². The fourth-order valence-electron chi connectivity index (χ4n) is 2.72. The predicted octanol–water partition coefficient (Wildman–Crippen LogP) is 3.44. The molecular formula is C19H23NO3. The number of carbonyl (C=O) groups is 2. The third kappa shape index (κ3) is 4.81. The van der Waals surface area contributed by atoms with Crippen molar-refractivity contribution in [2.45, 2.75) is 38.6 Å².